The number of hydrogen-bond donors (Lipinski definition) is 1. The minimum atomic E-state index is -1.15. The normalized spacial score (nSPS) is 40.4. The molecule has 0 spiro atoms. The van der Waals surface area contributed by atoms with E-state index >= 15 is 0 Å². The van der Waals surface area contributed by atoms with E-state index in [9.17, 15) is 19.5 Å². The average molecular weight is 694 g/mol. The second-order valence-corrected chi connectivity index (χ2v) is 19.5. The molecular formula is C42H63NO7. The zero-order chi connectivity index (χ0) is 36.7. The van der Waals surface area contributed by atoms with Crippen molar-refractivity contribution in [3.8, 4) is 0 Å². The van der Waals surface area contributed by atoms with E-state index in [1.54, 1.807) is 26.8 Å². The molecule has 0 unspecified atom stereocenters. The molecule has 0 aromatic carbocycles. The topological polar surface area (TPSA) is 116 Å². The third-order valence-corrected chi connectivity index (χ3v) is 16.3. The van der Waals surface area contributed by atoms with E-state index in [2.05, 4.69) is 53.3 Å². The van der Waals surface area contributed by atoms with Gasteiger partial charge in [0, 0.05) is 11.5 Å². The number of aryl methyl sites for hydroxylation is 1. The maximum Gasteiger partial charge on any atom is 0.360 e. The first kappa shape index (κ1) is 37.1. The minimum absolute atomic E-state index is 0.116. The lowest BCUT2D eigenvalue weighted by molar-refractivity contribution is -0.251. The molecule has 278 valence electrons. The van der Waals surface area contributed by atoms with Gasteiger partial charge in [-0.3, -0.25) is 9.59 Å². The Hall–Kier alpha value is -2.64. The monoisotopic (exact) mass is 693 g/mol. The van der Waals surface area contributed by atoms with Gasteiger partial charge in [-0.2, -0.15) is 0 Å². The summed E-state index contributed by atoms with van der Waals surface area (Å²) in [5.41, 5.74) is 0.879. The zero-order valence-electron chi connectivity index (χ0n) is 32.3. The third-order valence-electron chi connectivity index (χ3n) is 16.3. The summed E-state index contributed by atoms with van der Waals surface area (Å²) in [6.45, 7) is 24.6. The van der Waals surface area contributed by atoms with Crippen LogP contribution in [0.1, 0.15) is 149 Å². The minimum Gasteiger partial charge on any atom is -0.481 e. The largest absolute Gasteiger partial charge is 0.481 e. The first-order valence-electron chi connectivity index (χ1n) is 19.4. The molecule has 1 aromatic heterocycles. The summed E-state index contributed by atoms with van der Waals surface area (Å²) >= 11 is 0. The summed E-state index contributed by atoms with van der Waals surface area (Å²) in [5, 5.41) is 13.5. The Balaban J connectivity index is 1.22. The molecule has 8 heteroatoms. The van der Waals surface area contributed by atoms with Crippen molar-refractivity contribution in [2.75, 3.05) is 6.61 Å². The highest BCUT2D eigenvalue weighted by atomic mass is 16.5. The van der Waals surface area contributed by atoms with Gasteiger partial charge >= 0.3 is 17.9 Å². The van der Waals surface area contributed by atoms with Crippen LogP contribution in [0.3, 0.4) is 0 Å². The number of carbonyl (C=O) groups excluding carboxylic acids is 2. The molecule has 50 heavy (non-hydrogen) atoms. The lowest BCUT2D eigenvalue weighted by atomic mass is 9.32. The van der Waals surface area contributed by atoms with Crippen LogP contribution in [0, 0.1) is 69.0 Å². The van der Waals surface area contributed by atoms with E-state index in [1.807, 2.05) is 0 Å². The summed E-state index contributed by atoms with van der Waals surface area (Å²) in [6.07, 6.45) is 11.8. The van der Waals surface area contributed by atoms with Crippen molar-refractivity contribution in [2.45, 2.75) is 145 Å². The first-order chi connectivity index (χ1) is 23.2. The zero-order valence-corrected chi connectivity index (χ0v) is 32.3. The van der Waals surface area contributed by atoms with Gasteiger partial charge in [0.15, 0.2) is 5.69 Å². The van der Waals surface area contributed by atoms with Crippen LogP contribution in [0.25, 0.3) is 0 Å². The smallest absolute Gasteiger partial charge is 0.360 e. The number of nitrogens with zero attached hydrogens (tertiary/aromatic N) is 1. The number of aliphatic carboxylic acids is 1. The van der Waals surface area contributed by atoms with Crippen LogP contribution < -0.4 is 0 Å². The van der Waals surface area contributed by atoms with Crippen LogP contribution in [0.2, 0.25) is 0 Å². The molecule has 1 aromatic rings. The molecule has 0 bridgehead atoms. The summed E-state index contributed by atoms with van der Waals surface area (Å²) in [6, 6.07) is 1.64. The number of carboxylic acids is 1. The van der Waals surface area contributed by atoms with Crippen LogP contribution >= 0.6 is 0 Å². The van der Waals surface area contributed by atoms with Crippen molar-refractivity contribution in [1.29, 1.82) is 0 Å². The van der Waals surface area contributed by atoms with Crippen molar-refractivity contribution in [3.05, 3.63) is 29.7 Å². The lowest BCUT2D eigenvalue weighted by Gasteiger charge is -2.73. The highest BCUT2D eigenvalue weighted by molar-refractivity contribution is 5.87. The highest BCUT2D eigenvalue weighted by Crippen LogP contribution is 2.78. The Morgan fingerprint density at radius 1 is 0.960 bits per heavy atom. The van der Waals surface area contributed by atoms with Gasteiger partial charge in [0.1, 0.15) is 11.9 Å². The molecule has 8 nitrogen and oxygen atoms in total. The van der Waals surface area contributed by atoms with Crippen molar-refractivity contribution < 1.29 is 33.5 Å². The van der Waals surface area contributed by atoms with Gasteiger partial charge in [-0.05, 0) is 150 Å². The Morgan fingerprint density at radius 3 is 2.32 bits per heavy atom. The number of allylic oxidation sites excluding steroid dienone is 1. The van der Waals surface area contributed by atoms with Crippen LogP contribution in [-0.4, -0.2) is 40.9 Å². The van der Waals surface area contributed by atoms with E-state index in [4.69, 9.17) is 14.0 Å². The van der Waals surface area contributed by atoms with Gasteiger partial charge in [-0.15, -0.1) is 0 Å². The van der Waals surface area contributed by atoms with Gasteiger partial charge < -0.3 is 19.1 Å². The third kappa shape index (κ3) is 5.68. The van der Waals surface area contributed by atoms with Crippen LogP contribution in [-0.2, 0) is 19.1 Å². The first-order valence-corrected chi connectivity index (χ1v) is 19.4. The molecule has 5 aliphatic carbocycles. The predicted octanol–water partition coefficient (Wildman–Crippen LogP) is 9.60. The van der Waals surface area contributed by atoms with E-state index in [0.29, 0.717) is 42.0 Å². The molecule has 0 saturated heterocycles. The Bertz CT molecular complexity index is 1520. The van der Waals surface area contributed by atoms with Gasteiger partial charge in [0.25, 0.3) is 0 Å². The van der Waals surface area contributed by atoms with Crippen molar-refractivity contribution in [1.82, 2.24) is 5.16 Å². The molecule has 0 aliphatic heterocycles. The summed E-state index contributed by atoms with van der Waals surface area (Å²) in [4.78, 5) is 37.6. The van der Waals surface area contributed by atoms with Crippen molar-refractivity contribution in [2.24, 2.45) is 62.1 Å². The number of fused-ring (bicyclic) bond motifs is 7. The number of esters is 2. The Morgan fingerprint density at radius 2 is 1.68 bits per heavy atom. The molecule has 5 aliphatic rings. The van der Waals surface area contributed by atoms with E-state index < -0.39 is 23.3 Å². The summed E-state index contributed by atoms with van der Waals surface area (Å²) < 4.78 is 17.1. The summed E-state index contributed by atoms with van der Waals surface area (Å²) in [5.74, 6) is 1.46. The van der Waals surface area contributed by atoms with Crippen LogP contribution in [0.15, 0.2) is 22.7 Å². The van der Waals surface area contributed by atoms with Gasteiger partial charge in [0.2, 0.25) is 0 Å². The fourth-order valence-electron chi connectivity index (χ4n) is 13.4. The maximum atomic E-state index is 13.1. The molecule has 5 saturated carbocycles. The van der Waals surface area contributed by atoms with E-state index in [-0.39, 0.29) is 45.3 Å². The number of carboxylic acid groups (broad SMARTS) is 1. The number of hydrogen-bond acceptors (Lipinski definition) is 7. The second kappa shape index (κ2) is 12.5. The lowest BCUT2D eigenvalue weighted by Crippen LogP contribution is -2.66. The molecule has 6 rings (SSSR count). The highest BCUT2D eigenvalue weighted by Gasteiger charge is 2.71. The fraction of sp³-hybridized carbons (Fsp3) is 0.810. The number of aromatic nitrogens is 1. The van der Waals surface area contributed by atoms with Crippen LogP contribution in [0.5, 0.6) is 0 Å². The molecule has 0 amide bonds. The molecular weight excluding hydrogens is 630 g/mol. The van der Waals surface area contributed by atoms with Crippen LogP contribution in [0.4, 0.5) is 0 Å². The van der Waals surface area contributed by atoms with Crippen molar-refractivity contribution >= 4 is 17.9 Å². The molecule has 5 fully saturated rings. The maximum absolute atomic E-state index is 13.1. The molecule has 1 N–H and O–H groups in total. The molecule has 0 radical (unpaired) electrons. The number of ether oxygens (including phenoxy) is 2. The van der Waals surface area contributed by atoms with E-state index in [1.165, 1.54) is 44.1 Å². The quantitative estimate of drug-likeness (QED) is 0.201. The average Bonchev–Trinajstić information content (AvgIpc) is 3.63. The summed E-state index contributed by atoms with van der Waals surface area (Å²) in [7, 11) is 0. The second-order valence-electron chi connectivity index (χ2n) is 19.5. The van der Waals surface area contributed by atoms with Gasteiger partial charge in [0.05, 0.1) is 18.4 Å². The van der Waals surface area contributed by atoms with E-state index in [0.717, 1.165) is 32.1 Å². The SMILES string of the molecule is C=C(C)[C@@H]1CC[C@]2(CCOC(=O)c3cc(C)on3)CC[C@]3(C)[C@H](CC[C@@H]4[C@@]5(C)CC[C@H](OC(=O)CC(C)(C)C(=O)O)C(C)(C)[C@@H]5CC[C@]43C)[C@@H]12. The van der Waals surface area contributed by atoms with Crippen molar-refractivity contribution in [3.63, 3.8) is 0 Å². The Kier molecular flexibility index (Phi) is 9.28. The molecule has 10 atom stereocenters. The Labute approximate surface area is 299 Å². The number of carbonyl (C=O) groups is 3. The van der Waals surface area contributed by atoms with Gasteiger partial charge in [-0.1, -0.05) is 51.9 Å². The number of rotatable bonds is 9. The molecule has 1 heterocycles. The van der Waals surface area contributed by atoms with Gasteiger partial charge in [-0.25, -0.2) is 4.79 Å². The predicted molar refractivity (Wildman–Crippen MR) is 191 cm³/mol. The fourth-order valence-corrected chi connectivity index (χ4v) is 13.4. The standard InChI is InChI=1S/C42H63NO7/c1-25(2)27-13-18-42(21-22-48-35(45)29-23-26(3)50-43-29)20-19-40(9)28(34(27)42)11-12-31-39(8)16-15-32(49-33(44)24-37(4,5)36(46)47)38(6,7)30(39)14-17-41(31,40)10/h23,27-28,30-32,34H,1,11-22,24H2,2-10H3,(H,46,47)/t27-,28+,30-,31+,32-,34+,39-,40+,41+,42+/m0/s1.